The molecule has 0 amide bonds. The van der Waals surface area contributed by atoms with E-state index in [1.807, 2.05) is 24.3 Å². The van der Waals surface area contributed by atoms with Crippen molar-refractivity contribution in [2.24, 2.45) is 16.0 Å². The van der Waals surface area contributed by atoms with E-state index in [1.54, 1.807) is 18.2 Å². The van der Waals surface area contributed by atoms with Crippen LogP contribution in [0.1, 0.15) is 16.7 Å². The first kappa shape index (κ1) is 18.5. The topological polar surface area (TPSA) is 137 Å². The molecule has 29 heavy (non-hydrogen) atoms. The van der Waals surface area contributed by atoms with Crippen LogP contribution < -0.4 is 10.5 Å². The van der Waals surface area contributed by atoms with Gasteiger partial charge in [-0.1, -0.05) is 52.8 Å². The number of benzene rings is 3. The summed E-state index contributed by atoms with van der Waals surface area (Å²) in [7, 11) is -3.93. The third-order valence-corrected chi connectivity index (χ3v) is 6.03. The molecule has 9 heteroatoms. The van der Waals surface area contributed by atoms with Crippen molar-refractivity contribution in [3.63, 3.8) is 0 Å². The molecule has 0 radical (unpaired) electrons. The van der Waals surface area contributed by atoms with Crippen molar-refractivity contribution in [3.05, 3.63) is 83.4 Å². The SMILES string of the molecule is NC(=NO)c1cccc(S(=O)(=O)Nc2ccc3c(c2)C(=NO)c2ccccc2-3)c1. The zero-order valence-corrected chi connectivity index (χ0v) is 15.8. The lowest BCUT2D eigenvalue weighted by molar-refractivity contribution is 0.318. The minimum Gasteiger partial charge on any atom is -0.410 e. The molecule has 0 saturated heterocycles. The van der Waals surface area contributed by atoms with Crippen molar-refractivity contribution in [3.8, 4) is 11.1 Å². The van der Waals surface area contributed by atoms with Crippen molar-refractivity contribution < 1.29 is 18.8 Å². The van der Waals surface area contributed by atoms with Gasteiger partial charge in [0, 0.05) is 22.4 Å². The van der Waals surface area contributed by atoms with Crippen molar-refractivity contribution in [1.29, 1.82) is 0 Å². The van der Waals surface area contributed by atoms with E-state index >= 15 is 0 Å². The lowest BCUT2D eigenvalue weighted by Crippen LogP contribution is -2.16. The van der Waals surface area contributed by atoms with Crippen molar-refractivity contribution in [1.82, 2.24) is 0 Å². The first-order chi connectivity index (χ1) is 13.9. The monoisotopic (exact) mass is 408 g/mol. The number of fused-ring (bicyclic) bond motifs is 3. The Morgan fingerprint density at radius 3 is 2.31 bits per heavy atom. The van der Waals surface area contributed by atoms with Crippen molar-refractivity contribution in [2.45, 2.75) is 4.90 Å². The number of hydrogen-bond donors (Lipinski definition) is 4. The van der Waals surface area contributed by atoms with E-state index in [0.717, 1.165) is 16.7 Å². The van der Waals surface area contributed by atoms with Gasteiger partial charge in [-0.3, -0.25) is 4.72 Å². The molecule has 8 nitrogen and oxygen atoms in total. The number of amidine groups is 1. The molecule has 146 valence electrons. The molecule has 1 aliphatic carbocycles. The predicted molar refractivity (Wildman–Crippen MR) is 109 cm³/mol. The summed E-state index contributed by atoms with van der Waals surface area (Å²) in [4.78, 5) is -0.0403. The smallest absolute Gasteiger partial charge is 0.261 e. The minimum atomic E-state index is -3.93. The highest BCUT2D eigenvalue weighted by atomic mass is 32.2. The van der Waals surface area contributed by atoms with E-state index in [0.29, 0.717) is 17.0 Å². The third kappa shape index (κ3) is 3.17. The quantitative estimate of drug-likeness (QED) is 0.178. The summed E-state index contributed by atoms with van der Waals surface area (Å²) in [6.07, 6.45) is 0. The van der Waals surface area contributed by atoms with Gasteiger partial charge in [-0.05, 0) is 35.4 Å². The van der Waals surface area contributed by atoms with Gasteiger partial charge in [-0.25, -0.2) is 8.42 Å². The molecule has 0 heterocycles. The Hall–Kier alpha value is -3.85. The normalized spacial score (nSPS) is 14.5. The molecule has 5 N–H and O–H groups in total. The van der Waals surface area contributed by atoms with Crippen molar-refractivity contribution in [2.75, 3.05) is 4.72 Å². The fourth-order valence-electron chi connectivity index (χ4n) is 3.31. The molecule has 0 spiro atoms. The van der Waals surface area contributed by atoms with Crippen LogP contribution in [0.4, 0.5) is 5.69 Å². The van der Waals surface area contributed by atoms with Crippen LogP contribution in [0.5, 0.6) is 0 Å². The van der Waals surface area contributed by atoms with E-state index < -0.39 is 10.0 Å². The van der Waals surface area contributed by atoms with Gasteiger partial charge < -0.3 is 16.1 Å². The first-order valence-electron chi connectivity index (χ1n) is 8.51. The fourth-order valence-corrected chi connectivity index (χ4v) is 4.41. The predicted octanol–water partition coefficient (Wildman–Crippen LogP) is 2.79. The Balaban J connectivity index is 1.71. The van der Waals surface area contributed by atoms with Crippen LogP contribution in [0, 0.1) is 0 Å². The third-order valence-electron chi connectivity index (χ3n) is 4.65. The lowest BCUT2D eigenvalue weighted by Gasteiger charge is -2.11. The maximum Gasteiger partial charge on any atom is 0.261 e. The number of rotatable bonds is 4. The van der Waals surface area contributed by atoms with Gasteiger partial charge in [0.25, 0.3) is 10.0 Å². The average molecular weight is 408 g/mol. The number of nitrogens with one attached hydrogen (secondary N) is 1. The molecule has 1 aliphatic rings. The summed E-state index contributed by atoms with van der Waals surface area (Å²) < 4.78 is 28.1. The Labute approximate surface area is 166 Å². The second-order valence-corrected chi connectivity index (χ2v) is 8.06. The summed E-state index contributed by atoms with van der Waals surface area (Å²) >= 11 is 0. The Bertz CT molecular complexity index is 1280. The molecule has 0 saturated carbocycles. The summed E-state index contributed by atoms with van der Waals surface area (Å²) in [6, 6.07) is 18.3. The van der Waals surface area contributed by atoms with Crippen LogP contribution >= 0.6 is 0 Å². The number of oxime groups is 2. The van der Waals surface area contributed by atoms with Crippen molar-refractivity contribution >= 4 is 27.3 Å². The van der Waals surface area contributed by atoms with Crippen LogP contribution in [0.3, 0.4) is 0 Å². The van der Waals surface area contributed by atoms with Crippen LogP contribution in [-0.2, 0) is 10.0 Å². The van der Waals surface area contributed by atoms with E-state index in [9.17, 15) is 13.6 Å². The molecule has 4 rings (SSSR count). The van der Waals surface area contributed by atoms with E-state index in [1.165, 1.54) is 24.3 Å². The largest absolute Gasteiger partial charge is 0.410 e. The molecule has 3 aromatic rings. The number of hydrogen-bond acceptors (Lipinski definition) is 6. The van der Waals surface area contributed by atoms with Crippen LogP contribution in [0.15, 0.2) is 81.9 Å². The molecule has 0 unspecified atom stereocenters. The van der Waals surface area contributed by atoms with Gasteiger partial charge in [0.05, 0.1) is 4.90 Å². The highest BCUT2D eigenvalue weighted by molar-refractivity contribution is 7.92. The minimum absolute atomic E-state index is 0.0403. The number of nitrogens with two attached hydrogens (primary N) is 1. The number of nitrogens with zero attached hydrogens (tertiary/aromatic N) is 2. The maximum atomic E-state index is 12.8. The van der Waals surface area contributed by atoms with Gasteiger partial charge >= 0.3 is 0 Å². The highest BCUT2D eigenvalue weighted by Crippen LogP contribution is 2.38. The molecule has 3 aromatic carbocycles. The molecule has 0 fully saturated rings. The molecular formula is C20H16N4O4S. The highest BCUT2D eigenvalue weighted by Gasteiger charge is 2.26. The second-order valence-electron chi connectivity index (χ2n) is 6.37. The van der Waals surface area contributed by atoms with Gasteiger partial charge in [0.1, 0.15) is 5.71 Å². The van der Waals surface area contributed by atoms with E-state index in [4.69, 9.17) is 10.9 Å². The summed E-state index contributed by atoms with van der Waals surface area (Å²) in [5.41, 5.74) is 9.67. The van der Waals surface area contributed by atoms with Gasteiger partial charge in [0.15, 0.2) is 5.84 Å². The zero-order valence-electron chi connectivity index (χ0n) is 14.9. The zero-order chi connectivity index (χ0) is 20.6. The Morgan fingerprint density at radius 1 is 0.862 bits per heavy atom. The standard InChI is InChI=1S/C20H16N4O4S/c21-20(23-26)12-4-3-5-14(10-12)29(27,28)24-13-8-9-16-15-6-1-2-7-17(15)19(22-25)18(16)11-13/h1-11,24-26H,(H2,21,23). The first-order valence-corrected chi connectivity index (χ1v) is 10.00. The summed E-state index contributed by atoms with van der Waals surface area (Å²) in [5.74, 6) is -0.193. The second kappa shape index (κ2) is 6.95. The molecule has 0 atom stereocenters. The summed E-state index contributed by atoms with van der Waals surface area (Å²) in [6.45, 7) is 0. The number of anilines is 1. The maximum absolute atomic E-state index is 12.8. The van der Waals surface area contributed by atoms with Gasteiger partial charge in [-0.2, -0.15) is 0 Å². The van der Waals surface area contributed by atoms with Gasteiger partial charge in [0.2, 0.25) is 0 Å². The van der Waals surface area contributed by atoms with Crippen LogP contribution in [0.2, 0.25) is 0 Å². The molecule has 0 aromatic heterocycles. The lowest BCUT2D eigenvalue weighted by atomic mass is 10.1. The molecule has 0 aliphatic heterocycles. The average Bonchev–Trinajstić information content (AvgIpc) is 3.05. The summed E-state index contributed by atoms with van der Waals surface area (Å²) in [5, 5.41) is 24.5. The Morgan fingerprint density at radius 2 is 1.59 bits per heavy atom. The fraction of sp³-hybridized carbons (Fsp3) is 0. The molecular weight excluding hydrogens is 392 g/mol. The van der Waals surface area contributed by atoms with E-state index in [-0.39, 0.29) is 16.3 Å². The number of sulfonamides is 1. The molecule has 0 bridgehead atoms. The van der Waals surface area contributed by atoms with Crippen LogP contribution in [0.25, 0.3) is 11.1 Å². The van der Waals surface area contributed by atoms with Gasteiger partial charge in [-0.15, -0.1) is 0 Å². The Kier molecular flexibility index (Phi) is 4.44. The van der Waals surface area contributed by atoms with E-state index in [2.05, 4.69) is 15.0 Å². The van der Waals surface area contributed by atoms with Crippen LogP contribution in [-0.4, -0.2) is 30.4 Å².